The van der Waals surface area contributed by atoms with Gasteiger partial charge in [0.05, 0.1) is 30.6 Å². The molecule has 0 atom stereocenters. The Morgan fingerprint density at radius 1 is 0.935 bits per heavy atom. The number of carbonyl (C=O) groups is 1. The third-order valence-electron chi connectivity index (χ3n) is 5.70. The lowest BCUT2D eigenvalue weighted by Crippen LogP contribution is -2.36. The maximum absolute atomic E-state index is 12.8. The van der Waals surface area contributed by atoms with E-state index in [1.165, 1.54) is 0 Å². The Morgan fingerprint density at radius 2 is 1.65 bits per heavy atom. The number of hydrogen-bond acceptors (Lipinski definition) is 5. The van der Waals surface area contributed by atoms with Crippen LogP contribution in [-0.4, -0.2) is 41.9 Å². The lowest BCUT2D eigenvalue weighted by molar-refractivity contribution is 0.0993. The third-order valence-corrected chi connectivity index (χ3v) is 5.70. The predicted octanol–water partition coefficient (Wildman–Crippen LogP) is 3.87. The van der Waals surface area contributed by atoms with Gasteiger partial charge in [0.2, 0.25) is 0 Å². The van der Waals surface area contributed by atoms with Crippen molar-refractivity contribution >= 4 is 28.1 Å². The van der Waals surface area contributed by atoms with E-state index in [1.807, 2.05) is 77.6 Å². The van der Waals surface area contributed by atoms with E-state index in [0.717, 1.165) is 65.4 Å². The van der Waals surface area contributed by atoms with E-state index in [0.29, 0.717) is 6.42 Å². The molecule has 3 aromatic carbocycles. The highest BCUT2D eigenvalue weighted by Crippen LogP contribution is 2.22. The topological polar surface area (TPSA) is 73.4 Å². The van der Waals surface area contributed by atoms with Crippen LogP contribution in [0.25, 0.3) is 16.6 Å². The van der Waals surface area contributed by atoms with Gasteiger partial charge < -0.3 is 15.4 Å². The number of rotatable bonds is 5. The summed E-state index contributed by atoms with van der Waals surface area (Å²) in [6.07, 6.45) is 2.19. The second-order valence-corrected chi connectivity index (χ2v) is 7.79. The molecule has 1 aliphatic rings. The van der Waals surface area contributed by atoms with Gasteiger partial charge in [0.15, 0.2) is 5.78 Å². The maximum atomic E-state index is 12.8. The molecule has 0 bridgehead atoms. The van der Waals surface area contributed by atoms with Gasteiger partial charge in [0, 0.05) is 41.8 Å². The zero-order valence-corrected chi connectivity index (χ0v) is 17.2. The van der Waals surface area contributed by atoms with Crippen molar-refractivity contribution in [3.05, 3.63) is 84.1 Å². The second-order valence-electron chi connectivity index (χ2n) is 7.79. The van der Waals surface area contributed by atoms with Crippen molar-refractivity contribution in [2.24, 2.45) is 0 Å². The number of nitrogens with two attached hydrogens (primary N) is 1. The SMILES string of the molecule is Nc1ccc(-n2ncc3cc(CC(=O)c4ccc(N5CCOCC5)cc4)ccc32)cc1. The fourth-order valence-electron chi connectivity index (χ4n) is 3.98. The van der Waals surface area contributed by atoms with Crippen LogP contribution in [0, 0.1) is 0 Å². The smallest absolute Gasteiger partial charge is 0.167 e. The van der Waals surface area contributed by atoms with Crippen molar-refractivity contribution in [3.8, 4) is 5.69 Å². The molecular weight excluding hydrogens is 388 g/mol. The van der Waals surface area contributed by atoms with Gasteiger partial charge in [0.1, 0.15) is 0 Å². The second kappa shape index (κ2) is 8.24. The van der Waals surface area contributed by atoms with E-state index in [9.17, 15) is 4.79 Å². The van der Waals surface area contributed by atoms with Gasteiger partial charge in [-0.2, -0.15) is 5.10 Å². The zero-order valence-electron chi connectivity index (χ0n) is 17.2. The summed E-state index contributed by atoms with van der Waals surface area (Å²) in [6, 6.07) is 21.6. The van der Waals surface area contributed by atoms with Crippen LogP contribution in [0.1, 0.15) is 15.9 Å². The highest BCUT2D eigenvalue weighted by molar-refractivity contribution is 5.98. The Kier molecular flexibility index (Phi) is 5.14. The van der Waals surface area contributed by atoms with Crippen LogP contribution in [0.4, 0.5) is 11.4 Å². The molecule has 6 nitrogen and oxygen atoms in total. The van der Waals surface area contributed by atoms with E-state index in [-0.39, 0.29) is 5.78 Å². The van der Waals surface area contributed by atoms with Crippen LogP contribution >= 0.6 is 0 Å². The van der Waals surface area contributed by atoms with E-state index in [2.05, 4.69) is 10.00 Å². The van der Waals surface area contributed by atoms with Gasteiger partial charge in [-0.1, -0.05) is 6.07 Å². The molecule has 0 aliphatic carbocycles. The fraction of sp³-hybridized carbons (Fsp3) is 0.200. The number of morpholine rings is 1. The molecule has 1 saturated heterocycles. The average Bonchev–Trinajstić information content (AvgIpc) is 3.23. The Hall–Kier alpha value is -3.64. The van der Waals surface area contributed by atoms with Gasteiger partial charge in [-0.05, 0) is 66.2 Å². The van der Waals surface area contributed by atoms with Crippen LogP contribution in [0.3, 0.4) is 0 Å². The number of nitrogens with zero attached hydrogens (tertiary/aromatic N) is 3. The van der Waals surface area contributed by atoms with Gasteiger partial charge in [-0.15, -0.1) is 0 Å². The summed E-state index contributed by atoms with van der Waals surface area (Å²) in [4.78, 5) is 15.1. The average molecular weight is 412 g/mol. The first kappa shape index (κ1) is 19.3. The third kappa shape index (κ3) is 4.02. The number of carbonyl (C=O) groups excluding carboxylic acids is 1. The van der Waals surface area contributed by atoms with Crippen molar-refractivity contribution < 1.29 is 9.53 Å². The van der Waals surface area contributed by atoms with Gasteiger partial charge in [-0.3, -0.25) is 4.79 Å². The lowest BCUT2D eigenvalue weighted by atomic mass is 10.0. The van der Waals surface area contributed by atoms with Gasteiger partial charge in [0.25, 0.3) is 0 Å². The summed E-state index contributed by atoms with van der Waals surface area (Å²) in [6.45, 7) is 3.27. The molecule has 0 unspecified atom stereocenters. The first-order valence-corrected chi connectivity index (χ1v) is 10.5. The lowest BCUT2D eigenvalue weighted by Gasteiger charge is -2.28. The Labute approximate surface area is 180 Å². The molecule has 1 aliphatic heterocycles. The Bertz CT molecular complexity index is 1210. The quantitative estimate of drug-likeness (QED) is 0.398. The number of anilines is 2. The summed E-state index contributed by atoms with van der Waals surface area (Å²) in [5.74, 6) is 0.110. The standard InChI is InChI=1S/C25H24N4O2/c26-21-4-8-23(9-5-21)29-24-10-1-18(15-20(24)17-27-29)16-25(30)19-2-6-22(7-3-19)28-11-13-31-14-12-28/h1-10,15,17H,11-14,16,26H2. The van der Waals surface area contributed by atoms with Crippen molar-refractivity contribution in [2.75, 3.05) is 36.9 Å². The minimum absolute atomic E-state index is 0.110. The minimum Gasteiger partial charge on any atom is -0.399 e. The molecule has 31 heavy (non-hydrogen) atoms. The van der Waals surface area contributed by atoms with Crippen molar-refractivity contribution in [1.82, 2.24) is 9.78 Å². The number of benzene rings is 3. The van der Waals surface area contributed by atoms with Crippen LogP contribution in [0.5, 0.6) is 0 Å². The molecule has 2 N–H and O–H groups in total. The van der Waals surface area contributed by atoms with E-state index in [1.54, 1.807) is 0 Å². The Morgan fingerprint density at radius 3 is 2.39 bits per heavy atom. The first-order valence-electron chi connectivity index (χ1n) is 10.5. The maximum Gasteiger partial charge on any atom is 0.167 e. The monoisotopic (exact) mass is 412 g/mol. The van der Waals surface area contributed by atoms with Gasteiger partial charge in [-0.25, -0.2) is 4.68 Å². The number of Topliss-reactive ketones (excluding diaryl/α,β-unsaturated/α-hetero) is 1. The number of nitrogen functional groups attached to an aromatic ring is 1. The molecule has 0 saturated carbocycles. The summed E-state index contributed by atoms with van der Waals surface area (Å²) < 4.78 is 7.28. The number of ketones is 1. The van der Waals surface area contributed by atoms with Crippen LogP contribution in [0.15, 0.2) is 72.9 Å². The van der Waals surface area contributed by atoms with E-state index in [4.69, 9.17) is 10.5 Å². The molecule has 156 valence electrons. The molecule has 0 radical (unpaired) electrons. The van der Waals surface area contributed by atoms with Crippen LogP contribution in [-0.2, 0) is 11.2 Å². The molecule has 4 aromatic rings. The largest absolute Gasteiger partial charge is 0.399 e. The first-order chi connectivity index (χ1) is 15.2. The molecule has 0 spiro atoms. The van der Waals surface area contributed by atoms with Crippen molar-refractivity contribution in [1.29, 1.82) is 0 Å². The van der Waals surface area contributed by atoms with Crippen LogP contribution in [0.2, 0.25) is 0 Å². The highest BCUT2D eigenvalue weighted by Gasteiger charge is 2.13. The molecular formula is C25H24N4O2. The predicted molar refractivity (Wildman–Crippen MR) is 123 cm³/mol. The van der Waals surface area contributed by atoms with E-state index >= 15 is 0 Å². The normalized spacial score (nSPS) is 14.1. The molecule has 2 heterocycles. The molecule has 6 heteroatoms. The number of hydrogen-bond donors (Lipinski definition) is 1. The van der Waals surface area contributed by atoms with Crippen molar-refractivity contribution in [3.63, 3.8) is 0 Å². The highest BCUT2D eigenvalue weighted by atomic mass is 16.5. The molecule has 5 rings (SSSR count). The van der Waals surface area contributed by atoms with Crippen LogP contribution < -0.4 is 10.6 Å². The summed E-state index contributed by atoms with van der Waals surface area (Å²) in [7, 11) is 0. The summed E-state index contributed by atoms with van der Waals surface area (Å²) >= 11 is 0. The van der Waals surface area contributed by atoms with E-state index < -0.39 is 0 Å². The summed E-state index contributed by atoms with van der Waals surface area (Å²) in [5.41, 5.74) is 11.3. The molecule has 1 fully saturated rings. The number of fused-ring (bicyclic) bond motifs is 1. The summed E-state index contributed by atoms with van der Waals surface area (Å²) in [5, 5.41) is 5.51. The molecule has 0 amide bonds. The zero-order chi connectivity index (χ0) is 21.2. The number of ether oxygens (including phenoxy) is 1. The van der Waals surface area contributed by atoms with Gasteiger partial charge >= 0.3 is 0 Å². The number of aromatic nitrogens is 2. The fourth-order valence-corrected chi connectivity index (χ4v) is 3.98. The minimum atomic E-state index is 0.110. The Balaban J connectivity index is 1.32. The van der Waals surface area contributed by atoms with Crippen molar-refractivity contribution in [2.45, 2.75) is 6.42 Å². The molecule has 1 aromatic heterocycles.